The summed E-state index contributed by atoms with van der Waals surface area (Å²) in [5.41, 5.74) is 9.44. The molecule has 0 bridgehead atoms. The zero-order valence-corrected chi connectivity index (χ0v) is 47.1. The summed E-state index contributed by atoms with van der Waals surface area (Å²) in [7, 11) is 0.750. The number of rotatable bonds is 3. The number of benzene rings is 3. The first-order valence-electron chi connectivity index (χ1n) is 25.9. The molecule has 4 saturated carbocycles. The minimum absolute atomic E-state index is 0. The Hall–Kier alpha value is -4.89. The van der Waals surface area contributed by atoms with Crippen molar-refractivity contribution in [1.29, 1.82) is 0 Å². The van der Waals surface area contributed by atoms with Gasteiger partial charge in [-0.15, -0.1) is 0 Å². The molecule has 6 aliphatic carbocycles. The Morgan fingerprint density at radius 3 is 1.51 bits per heavy atom. The van der Waals surface area contributed by atoms with E-state index in [0.29, 0.717) is 28.9 Å². The second kappa shape index (κ2) is 23.8. The molecule has 6 aliphatic rings. The zero-order chi connectivity index (χ0) is 51.4. The molecule has 73 heavy (non-hydrogen) atoms. The van der Waals surface area contributed by atoms with E-state index in [0.717, 1.165) is 64.2 Å². The molecule has 0 spiro atoms. The van der Waals surface area contributed by atoms with Crippen molar-refractivity contribution >= 4 is 29.8 Å². The molecule has 10 rings (SSSR count). The van der Waals surface area contributed by atoms with Crippen molar-refractivity contribution in [3.05, 3.63) is 177 Å². The van der Waals surface area contributed by atoms with Crippen LogP contribution in [0.25, 0.3) is 27.9 Å². The number of hydrogen-bond donors (Lipinski definition) is 0. The predicted molar refractivity (Wildman–Crippen MR) is 293 cm³/mol. The monoisotopic (exact) mass is 990 g/mol. The maximum absolute atomic E-state index is 12.6. The van der Waals surface area contributed by atoms with Crippen molar-refractivity contribution in [2.24, 2.45) is 44.8 Å². The molecule has 4 aromatic rings. The molecular weight excluding hydrogens is 910 g/mol. The van der Waals surface area contributed by atoms with Gasteiger partial charge in [-0.1, -0.05) is 207 Å². The maximum atomic E-state index is 12.6. The van der Waals surface area contributed by atoms with E-state index in [4.69, 9.17) is 22.8 Å². The van der Waals surface area contributed by atoms with Gasteiger partial charge in [0.15, 0.2) is 5.78 Å². The molecule has 7 atom stereocenters. The van der Waals surface area contributed by atoms with Gasteiger partial charge >= 0.3 is 29.6 Å². The van der Waals surface area contributed by atoms with Gasteiger partial charge < -0.3 is 19.3 Å². The smallest absolute Gasteiger partial charge is 0.857 e. The minimum Gasteiger partial charge on any atom is -0.857 e. The Bertz CT molecular complexity index is 2770. The summed E-state index contributed by atoms with van der Waals surface area (Å²) in [5, 5.41) is 12.3. The third-order valence-electron chi connectivity index (χ3n) is 17.7. The van der Waals surface area contributed by atoms with Crippen molar-refractivity contribution in [2.45, 2.75) is 152 Å². The molecule has 7 nitrogen and oxygen atoms in total. The van der Waals surface area contributed by atoms with E-state index in [1.165, 1.54) is 52.7 Å². The van der Waals surface area contributed by atoms with Gasteiger partial charge in [0, 0.05) is 28.2 Å². The number of Topliss-reactive ketones (excluding diaryl/α,β-unsaturated/α-hetero) is 2. The molecule has 8 heteroatoms. The van der Waals surface area contributed by atoms with Crippen LogP contribution in [-0.2, 0) is 21.4 Å². The standard InChI is InChI=1S/2C21H25NO.C21H23NO.CH3O.CH4.Na/c1-20(2)18-10-9-16(11-15-7-5-4-6-8-15)12-21(18,3)13-17-14-22-23-19(17)20;2*1-20(2)18-11-10-16(12-15-8-6-5-7-9-15)13-21(18,3)14-17(22-4)19(20)23;1-2;;/h4-8,11,14,18H,9-10,12-13H2,1-3H3;5-9,12,17-18H,10-11,13-14H2,1-3H3;5-9,12,14,18H,10-11,13H2,1-3H3;1H3;1H4;/q;;;-1;;+1/b;;16-12-;;;/t18-,21-;17?,18-,21-;18-,21-;;;/m000.../s1. The third-order valence-corrected chi connectivity index (χ3v) is 17.7. The third kappa shape index (κ3) is 12.3. The number of ketones is 2. The van der Waals surface area contributed by atoms with Gasteiger partial charge in [-0.3, -0.25) is 4.79 Å². The minimum atomic E-state index is -0.456. The number of fused-ring (bicyclic) bond motifs is 4. The summed E-state index contributed by atoms with van der Waals surface area (Å²) in [5.74, 6) is 2.64. The van der Waals surface area contributed by atoms with E-state index in [9.17, 15) is 9.59 Å². The fraction of sp³-hybridized carbons (Fsp3) is 0.492. The molecule has 4 fully saturated rings. The van der Waals surface area contributed by atoms with Gasteiger partial charge in [0.05, 0.1) is 12.8 Å². The molecule has 0 saturated heterocycles. The molecule has 380 valence electrons. The first-order chi connectivity index (χ1) is 33.7. The van der Waals surface area contributed by atoms with Crippen LogP contribution in [-0.4, -0.2) is 29.9 Å². The molecule has 0 N–H and O–H groups in total. The first-order valence-corrected chi connectivity index (χ1v) is 25.9. The molecule has 0 amide bonds. The van der Waals surface area contributed by atoms with Crippen LogP contribution in [0.5, 0.6) is 0 Å². The average Bonchev–Trinajstić information content (AvgIpc) is 3.82. The Kier molecular flexibility index (Phi) is 19.2. The Morgan fingerprint density at radius 2 is 1.04 bits per heavy atom. The molecule has 1 unspecified atom stereocenters. The Balaban J connectivity index is 0.000000197. The number of carbonyl (C=O) groups excluding carboxylic acids is 2. The summed E-state index contributed by atoms with van der Waals surface area (Å²) in [6.07, 6.45) is 22.4. The predicted octanol–water partition coefficient (Wildman–Crippen LogP) is 12.5. The number of aromatic nitrogens is 1. The van der Waals surface area contributed by atoms with E-state index in [2.05, 4.69) is 160 Å². The van der Waals surface area contributed by atoms with Crippen LogP contribution in [0.4, 0.5) is 0 Å². The fourth-order valence-electron chi connectivity index (χ4n) is 14.8. The van der Waals surface area contributed by atoms with Gasteiger partial charge in [-0.25, -0.2) is 11.4 Å². The Morgan fingerprint density at radius 1 is 0.603 bits per heavy atom. The van der Waals surface area contributed by atoms with Crippen molar-refractivity contribution in [3.8, 4) is 0 Å². The van der Waals surface area contributed by atoms with Crippen LogP contribution in [0.2, 0.25) is 0 Å². The fourth-order valence-corrected chi connectivity index (χ4v) is 14.8. The van der Waals surface area contributed by atoms with Gasteiger partial charge in [0.1, 0.15) is 5.76 Å². The van der Waals surface area contributed by atoms with Crippen LogP contribution in [0, 0.1) is 58.0 Å². The number of allylic oxidation sites excluding steroid dienone is 5. The van der Waals surface area contributed by atoms with E-state index < -0.39 is 11.5 Å². The summed E-state index contributed by atoms with van der Waals surface area (Å²) in [6.45, 7) is 34.6. The quantitative estimate of drug-likeness (QED) is 0.151. The van der Waals surface area contributed by atoms with Crippen LogP contribution in [0.3, 0.4) is 0 Å². The Labute approximate surface area is 461 Å². The number of carbonyl (C=O) groups is 2. The van der Waals surface area contributed by atoms with Gasteiger partial charge in [0.2, 0.25) is 11.5 Å². The average molecular weight is 990 g/mol. The normalized spacial score (nSPS) is 30.5. The maximum Gasteiger partial charge on any atom is 1.00 e. The molecule has 0 aliphatic heterocycles. The largest absolute Gasteiger partial charge is 1.00 e. The summed E-state index contributed by atoms with van der Waals surface area (Å²) < 4.78 is 5.62. The number of nitrogens with zero attached hydrogens (tertiary/aromatic N) is 3. The second-order valence-corrected chi connectivity index (χ2v) is 24.0. The first kappa shape index (κ1) is 59.0. The van der Waals surface area contributed by atoms with Gasteiger partial charge in [-0.2, -0.15) is 7.11 Å². The van der Waals surface area contributed by atoms with E-state index >= 15 is 0 Å². The van der Waals surface area contributed by atoms with Gasteiger partial charge in [-0.05, 0) is 115 Å². The molecular formula is C65H80N3NaO4. The van der Waals surface area contributed by atoms with Crippen LogP contribution in [0.15, 0.2) is 130 Å². The van der Waals surface area contributed by atoms with E-state index in [1.807, 2.05) is 38.3 Å². The SMILES string of the molecule is C.CC1(C)c2oncc2C[C@]2(C)CC(=Cc3ccccc3)CC[C@@H]12.C[O-].[C-]#[N+]C1=C[C@]2(C)C/C(=C\c3ccccc3)CC[C@H]2C(C)(C)C1=O.[C-]#[N+]C1C[C@]2(C)CC(=Cc3ccccc3)CC[C@H]2C(C)(C)C1=O.[Na+]. The van der Waals surface area contributed by atoms with Crippen molar-refractivity contribution in [1.82, 2.24) is 5.16 Å². The second-order valence-electron chi connectivity index (χ2n) is 24.0. The summed E-state index contributed by atoms with van der Waals surface area (Å²) in [6, 6.07) is 31.1. The van der Waals surface area contributed by atoms with Crippen LogP contribution >= 0.6 is 0 Å². The van der Waals surface area contributed by atoms with Crippen molar-refractivity contribution in [2.75, 3.05) is 7.11 Å². The van der Waals surface area contributed by atoms with E-state index in [1.54, 1.807) is 5.57 Å². The topological polar surface area (TPSA) is 92.0 Å². The summed E-state index contributed by atoms with van der Waals surface area (Å²) in [4.78, 5) is 32.3. The number of hydrogen-bond acceptors (Lipinski definition) is 5. The zero-order valence-electron chi connectivity index (χ0n) is 45.1. The van der Waals surface area contributed by atoms with E-state index in [-0.39, 0.29) is 70.2 Å². The van der Waals surface area contributed by atoms with Crippen molar-refractivity contribution < 1.29 is 48.8 Å². The van der Waals surface area contributed by atoms with Crippen molar-refractivity contribution in [3.63, 3.8) is 0 Å². The molecule has 3 aromatic carbocycles. The van der Waals surface area contributed by atoms with Crippen LogP contribution < -0.4 is 34.7 Å². The van der Waals surface area contributed by atoms with Crippen LogP contribution in [0.1, 0.15) is 162 Å². The van der Waals surface area contributed by atoms with Gasteiger partial charge in [0.25, 0.3) is 6.04 Å². The molecule has 0 radical (unpaired) electrons. The summed E-state index contributed by atoms with van der Waals surface area (Å²) >= 11 is 0. The molecule has 1 aromatic heterocycles. The molecule has 1 heterocycles.